The Morgan fingerprint density at radius 2 is 1.91 bits per heavy atom. The highest BCUT2D eigenvalue weighted by Crippen LogP contribution is 2.35. The summed E-state index contributed by atoms with van der Waals surface area (Å²) in [6.45, 7) is 2.20. The lowest BCUT2D eigenvalue weighted by molar-refractivity contribution is 0.0844. The van der Waals surface area contributed by atoms with E-state index in [2.05, 4.69) is 5.32 Å². The molecule has 35 heavy (non-hydrogen) atoms. The number of carbonyl (C=O) groups excluding carboxylic acids is 1. The Kier molecular flexibility index (Phi) is 6.36. The summed E-state index contributed by atoms with van der Waals surface area (Å²) < 4.78 is 17.9. The molecule has 1 aliphatic rings. The molecule has 0 spiro atoms. The van der Waals surface area contributed by atoms with Crippen molar-refractivity contribution in [3.8, 4) is 34.2 Å². The van der Waals surface area contributed by atoms with Crippen LogP contribution in [0.4, 0.5) is 0 Å². The highest BCUT2D eigenvalue weighted by molar-refractivity contribution is 6.00. The molecule has 0 bridgehead atoms. The summed E-state index contributed by atoms with van der Waals surface area (Å²) in [5, 5.41) is 17.9. The maximum Gasteiger partial charge on any atom is 0.255 e. The van der Waals surface area contributed by atoms with Crippen LogP contribution < -0.4 is 19.5 Å². The Bertz CT molecular complexity index is 1340. The number of aryl methyl sites for hydroxylation is 1. The quantitative estimate of drug-likeness (QED) is 0.407. The van der Waals surface area contributed by atoms with Crippen LogP contribution in [0.5, 0.6) is 17.2 Å². The molecule has 8 heteroatoms. The topological polar surface area (TPSA) is 94.8 Å². The average Bonchev–Trinajstić information content (AvgIpc) is 3.54. The molecule has 1 aliphatic heterocycles. The molecule has 0 radical (unpaired) electrons. The van der Waals surface area contributed by atoms with E-state index in [1.807, 2.05) is 61.5 Å². The summed E-state index contributed by atoms with van der Waals surface area (Å²) in [7, 11) is 0. The first kappa shape index (κ1) is 22.5. The number of aliphatic hydroxyl groups is 1. The van der Waals surface area contributed by atoms with Crippen molar-refractivity contribution in [1.82, 2.24) is 15.1 Å². The summed E-state index contributed by atoms with van der Waals surface area (Å²) in [6.07, 6.45) is 0.800. The van der Waals surface area contributed by atoms with Gasteiger partial charge < -0.3 is 24.6 Å². The van der Waals surface area contributed by atoms with Crippen LogP contribution in [0, 0.1) is 6.92 Å². The number of carbonyl (C=O) groups is 1. The van der Waals surface area contributed by atoms with Gasteiger partial charge in [-0.1, -0.05) is 42.0 Å². The Balaban J connectivity index is 1.28. The second-order valence-corrected chi connectivity index (χ2v) is 8.23. The van der Waals surface area contributed by atoms with Crippen LogP contribution in [-0.2, 0) is 0 Å². The standard InChI is InChI=1S/C27H25N3O5/c1-18-6-5-7-19(12-18)26-23(15-30(29-26)20-8-3-2-4-9-20)27(32)28-14-21(31)16-33-22-10-11-24-25(13-22)35-17-34-24/h2-13,15,21,31H,14,16-17H2,1H3,(H,28,32). The number of hydrogen-bond donors (Lipinski definition) is 2. The Morgan fingerprint density at radius 3 is 2.74 bits per heavy atom. The largest absolute Gasteiger partial charge is 0.491 e. The van der Waals surface area contributed by atoms with Gasteiger partial charge in [0.1, 0.15) is 24.2 Å². The fourth-order valence-corrected chi connectivity index (χ4v) is 3.78. The zero-order chi connectivity index (χ0) is 24.2. The zero-order valence-corrected chi connectivity index (χ0v) is 19.2. The predicted octanol–water partition coefficient (Wildman–Crippen LogP) is 3.75. The molecule has 0 saturated carbocycles. The summed E-state index contributed by atoms with van der Waals surface area (Å²) in [4.78, 5) is 13.1. The molecule has 178 valence electrons. The molecule has 1 aromatic heterocycles. The van der Waals surface area contributed by atoms with Gasteiger partial charge in [0.15, 0.2) is 11.5 Å². The maximum absolute atomic E-state index is 13.1. The van der Waals surface area contributed by atoms with Crippen molar-refractivity contribution in [2.45, 2.75) is 13.0 Å². The minimum absolute atomic E-state index is 0.00788. The maximum atomic E-state index is 13.1. The van der Waals surface area contributed by atoms with Crippen molar-refractivity contribution in [2.24, 2.45) is 0 Å². The summed E-state index contributed by atoms with van der Waals surface area (Å²) in [6, 6.07) is 22.6. The lowest BCUT2D eigenvalue weighted by Crippen LogP contribution is -2.35. The number of rotatable bonds is 8. The molecule has 0 saturated heterocycles. The summed E-state index contributed by atoms with van der Waals surface area (Å²) >= 11 is 0. The van der Waals surface area contributed by atoms with Gasteiger partial charge in [0.2, 0.25) is 6.79 Å². The SMILES string of the molecule is Cc1cccc(-c2nn(-c3ccccc3)cc2C(=O)NCC(O)COc2ccc3c(c2)OCO3)c1. The molecule has 0 aliphatic carbocycles. The fourth-order valence-electron chi connectivity index (χ4n) is 3.78. The second-order valence-electron chi connectivity index (χ2n) is 8.23. The molecule has 1 atom stereocenters. The van der Waals surface area contributed by atoms with Crippen LogP contribution in [-0.4, -0.2) is 46.8 Å². The van der Waals surface area contributed by atoms with E-state index in [4.69, 9.17) is 19.3 Å². The van der Waals surface area contributed by atoms with Crippen LogP contribution in [0.15, 0.2) is 79.0 Å². The number of para-hydroxylation sites is 1. The van der Waals surface area contributed by atoms with Gasteiger partial charge in [0.05, 0.1) is 11.3 Å². The number of aromatic nitrogens is 2. The average molecular weight is 472 g/mol. The zero-order valence-electron chi connectivity index (χ0n) is 19.2. The Labute approximate surface area is 202 Å². The Morgan fingerprint density at radius 1 is 1.09 bits per heavy atom. The fraction of sp³-hybridized carbons (Fsp3) is 0.185. The van der Waals surface area contributed by atoms with Crippen molar-refractivity contribution < 1.29 is 24.1 Å². The molecule has 3 aromatic carbocycles. The van der Waals surface area contributed by atoms with E-state index in [1.54, 1.807) is 29.1 Å². The van der Waals surface area contributed by atoms with Gasteiger partial charge in [0.25, 0.3) is 5.91 Å². The summed E-state index contributed by atoms with van der Waals surface area (Å²) in [5.41, 5.74) is 3.75. The predicted molar refractivity (Wildman–Crippen MR) is 130 cm³/mol. The van der Waals surface area contributed by atoms with Gasteiger partial charge in [-0.15, -0.1) is 0 Å². The third-order valence-electron chi connectivity index (χ3n) is 5.56. The third-order valence-corrected chi connectivity index (χ3v) is 5.56. The second kappa shape index (κ2) is 9.90. The van der Waals surface area contributed by atoms with E-state index >= 15 is 0 Å². The lowest BCUT2D eigenvalue weighted by atomic mass is 10.1. The molecule has 0 fully saturated rings. The molecule has 4 aromatic rings. The van der Waals surface area contributed by atoms with E-state index in [0.29, 0.717) is 28.5 Å². The smallest absolute Gasteiger partial charge is 0.255 e. The van der Waals surface area contributed by atoms with Crippen molar-refractivity contribution in [3.63, 3.8) is 0 Å². The van der Waals surface area contributed by atoms with E-state index in [1.165, 1.54) is 0 Å². The highest BCUT2D eigenvalue weighted by Gasteiger charge is 2.20. The first-order valence-electron chi connectivity index (χ1n) is 11.3. The van der Waals surface area contributed by atoms with Crippen LogP contribution in [0.2, 0.25) is 0 Å². The van der Waals surface area contributed by atoms with Crippen molar-refractivity contribution in [1.29, 1.82) is 0 Å². The number of ether oxygens (including phenoxy) is 3. The number of amides is 1. The van der Waals surface area contributed by atoms with Crippen LogP contribution >= 0.6 is 0 Å². The van der Waals surface area contributed by atoms with Gasteiger partial charge in [-0.2, -0.15) is 5.10 Å². The number of aliphatic hydroxyl groups excluding tert-OH is 1. The molecular weight excluding hydrogens is 446 g/mol. The van der Waals surface area contributed by atoms with Gasteiger partial charge in [-0.25, -0.2) is 4.68 Å². The number of hydrogen-bond acceptors (Lipinski definition) is 6. The normalized spacial score (nSPS) is 12.9. The van der Waals surface area contributed by atoms with E-state index in [9.17, 15) is 9.90 Å². The molecule has 1 unspecified atom stereocenters. The van der Waals surface area contributed by atoms with Gasteiger partial charge in [-0.3, -0.25) is 4.79 Å². The number of nitrogens with one attached hydrogen (secondary N) is 1. The molecule has 8 nitrogen and oxygen atoms in total. The molecular formula is C27H25N3O5. The lowest BCUT2D eigenvalue weighted by Gasteiger charge is -2.13. The number of benzene rings is 3. The van der Waals surface area contributed by atoms with Crippen LogP contribution in [0.25, 0.3) is 16.9 Å². The minimum atomic E-state index is -0.907. The highest BCUT2D eigenvalue weighted by atomic mass is 16.7. The molecule has 1 amide bonds. The van der Waals surface area contributed by atoms with E-state index in [-0.39, 0.29) is 25.9 Å². The van der Waals surface area contributed by atoms with E-state index in [0.717, 1.165) is 16.8 Å². The van der Waals surface area contributed by atoms with Gasteiger partial charge in [-0.05, 0) is 37.3 Å². The number of fused-ring (bicyclic) bond motifs is 1. The minimum Gasteiger partial charge on any atom is -0.491 e. The van der Waals surface area contributed by atoms with Gasteiger partial charge >= 0.3 is 0 Å². The van der Waals surface area contributed by atoms with Crippen LogP contribution in [0.3, 0.4) is 0 Å². The molecule has 2 N–H and O–H groups in total. The summed E-state index contributed by atoms with van der Waals surface area (Å²) in [5.74, 6) is 1.48. The van der Waals surface area contributed by atoms with Crippen molar-refractivity contribution in [2.75, 3.05) is 19.9 Å². The first-order valence-corrected chi connectivity index (χ1v) is 11.3. The van der Waals surface area contributed by atoms with Crippen molar-refractivity contribution in [3.05, 3.63) is 90.1 Å². The van der Waals surface area contributed by atoms with E-state index < -0.39 is 6.10 Å². The monoisotopic (exact) mass is 471 g/mol. The van der Waals surface area contributed by atoms with Crippen LogP contribution in [0.1, 0.15) is 15.9 Å². The Hall–Kier alpha value is -4.30. The third kappa shape index (κ3) is 5.12. The number of nitrogens with zero attached hydrogens (tertiary/aromatic N) is 2. The molecule has 2 heterocycles. The molecule has 5 rings (SSSR count). The van der Waals surface area contributed by atoms with Crippen molar-refractivity contribution >= 4 is 5.91 Å². The first-order chi connectivity index (χ1) is 17.1. The van der Waals surface area contributed by atoms with Gasteiger partial charge in [0, 0.05) is 24.4 Å².